The van der Waals surface area contributed by atoms with E-state index in [1.165, 1.54) is 17.9 Å². The van der Waals surface area contributed by atoms with Gasteiger partial charge in [-0.25, -0.2) is 15.0 Å². The molecule has 0 bridgehead atoms. The third kappa shape index (κ3) is 2.45. The monoisotopic (exact) mass is 247 g/mol. The molecule has 0 saturated carbocycles. The molecule has 2 aromatic heterocycles. The number of anilines is 1. The van der Waals surface area contributed by atoms with Crippen LogP contribution in [0.15, 0.2) is 6.33 Å². The maximum atomic E-state index is 12.3. The van der Waals surface area contributed by atoms with Crippen LogP contribution in [0.1, 0.15) is 19.7 Å². The average Bonchev–Trinajstić information content (AvgIpc) is 2.63. The van der Waals surface area contributed by atoms with Gasteiger partial charge in [0.2, 0.25) is 5.82 Å². The molecule has 0 radical (unpaired) electrons. The van der Waals surface area contributed by atoms with Crippen LogP contribution in [0.25, 0.3) is 11.2 Å². The molecule has 0 unspecified atom stereocenters. The number of hydrogen-bond acceptors (Lipinski definition) is 4. The third-order valence-corrected chi connectivity index (χ3v) is 1.84. The van der Waals surface area contributed by atoms with Crippen LogP contribution in [0.2, 0.25) is 0 Å². The number of fused-ring (bicyclic) bond motifs is 1. The minimum atomic E-state index is -4.60. The molecule has 0 fully saturated rings. The molecule has 2 heterocycles. The zero-order chi connectivity index (χ0) is 13.2. The highest BCUT2D eigenvalue weighted by molar-refractivity contribution is 5.81. The first kappa shape index (κ1) is 13.2. The number of nitrogens with zero attached hydrogens (tertiary/aromatic N) is 4. The number of halogens is 3. The van der Waals surface area contributed by atoms with E-state index in [0.29, 0.717) is 0 Å². The Morgan fingerprint density at radius 2 is 1.82 bits per heavy atom. The van der Waals surface area contributed by atoms with Crippen molar-refractivity contribution in [3.8, 4) is 0 Å². The summed E-state index contributed by atoms with van der Waals surface area (Å²) < 4.78 is 38.3. The van der Waals surface area contributed by atoms with Crippen molar-refractivity contribution in [1.29, 1.82) is 0 Å². The smallest absolute Gasteiger partial charge is 0.382 e. The van der Waals surface area contributed by atoms with Gasteiger partial charge in [-0.1, -0.05) is 13.8 Å². The molecule has 0 amide bonds. The van der Waals surface area contributed by atoms with Gasteiger partial charge in [0.25, 0.3) is 0 Å². The van der Waals surface area contributed by atoms with Crippen LogP contribution in [-0.4, -0.2) is 19.5 Å². The number of aromatic nitrogens is 4. The first-order valence-electron chi connectivity index (χ1n) is 4.91. The van der Waals surface area contributed by atoms with E-state index in [0.717, 1.165) is 0 Å². The number of imidazole rings is 1. The largest absolute Gasteiger partial charge is 0.451 e. The maximum Gasteiger partial charge on any atom is 0.451 e. The van der Waals surface area contributed by atoms with Gasteiger partial charge in [-0.15, -0.1) is 0 Å². The molecule has 5 nitrogen and oxygen atoms in total. The Morgan fingerprint density at radius 3 is 2.35 bits per heavy atom. The molecule has 8 heteroatoms. The Labute approximate surface area is 95.5 Å². The minimum absolute atomic E-state index is 0.0647. The summed E-state index contributed by atoms with van der Waals surface area (Å²) in [5.74, 6) is -1.52. The number of hydrogen-bond donors (Lipinski definition) is 1. The minimum Gasteiger partial charge on any atom is -0.382 e. The van der Waals surface area contributed by atoms with Crippen molar-refractivity contribution in [3.63, 3.8) is 0 Å². The fraction of sp³-hybridized carbons (Fsp3) is 0.444. The van der Waals surface area contributed by atoms with Crippen molar-refractivity contribution in [2.45, 2.75) is 20.0 Å². The van der Waals surface area contributed by atoms with Crippen molar-refractivity contribution < 1.29 is 13.2 Å². The lowest BCUT2D eigenvalue weighted by Gasteiger charge is -2.05. The van der Waals surface area contributed by atoms with Gasteiger partial charge >= 0.3 is 6.18 Å². The van der Waals surface area contributed by atoms with Crippen LogP contribution in [0.4, 0.5) is 19.0 Å². The molecule has 2 aromatic rings. The summed E-state index contributed by atoms with van der Waals surface area (Å²) in [7, 11) is 1.53. The Morgan fingerprint density at radius 1 is 1.24 bits per heavy atom. The highest BCUT2D eigenvalue weighted by atomic mass is 19.4. The Bertz CT molecular complexity index is 517. The van der Waals surface area contributed by atoms with Gasteiger partial charge in [-0.3, -0.25) is 0 Å². The molecular formula is C9H12F3N5. The molecule has 0 aliphatic carbocycles. The molecule has 0 spiro atoms. The molecule has 94 valence electrons. The average molecular weight is 247 g/mol. The van der Waals surface area contributed by atoms with Gasteiger partial charge in [-0.2, -0.15) is 13.2 Å². The molecule has 2 N–H and O–H groups in total. The summed E-state index contributed by atoms with van der Waals surface area (Å²) in [5, 5.41) is 0. The van der Waals surface area contributed by atoms with Gasteiger partial charge in [0.05, 0.1) is 6.33 Å². The second-order valence-electron chi connectivity index (χ2n) is 2.96. The maximum absolute atomic E-state index is 12.3. The van der Waals surface area contributed by atoms with E-state index in [9.17, 15) is 13.2 Å². The summed E-state index contributed by atoms with van der Waals surface area (Å²) in [4.78, 5) is 10.3. The summed E-state index contributed by atoms with van der Waals surface area (Å²) in [5.41, 5.74) is 5.58. The third-order valence-electron chi connectivity index (χ3n) is 1.84. The summed E-state index contributed by atoms with van der Waals surface area (Å²) in [6.07, 6.45) is -3.28. The van der Waals surface area contributed by atoms with E-state index in [4.69, 9.17) is 5.73 Å². The number of alkyl halides is 3. The van der Waals surface area contributed by atoms with Crippen LogP contribution in [0.3, 0.4) is 0 Å². The van der Waals surface area contributed by atoms with E-state index in [1.807, 2.05) is 13.8 Å². The Balaban J connectivity index is 0.000000686. The van der Waals surface area contributed by atoms with Crippen molar-refractivity contribution in [2.75, 3.05) is 5.73 Å². The highest BCUT2D eigenvalue weighted by Gasteiger charge is 2.35. The molecule has 0 aliphatic rings. The standard InChI is InChI=1S/C7H6F3N5.C2H6/c1-15-2-12-3-4(11)13-6(7(8,9)10)14-5(3)15;1-2/h2H,1H3,(H2,11,13,14);1-2H3. The van der Waals surface area contributed by atoms with E-state index in [2.05, 4.69) is 15.0 Å². The van der Waals surface area contributed by atoms with Gasteiger partial charge in [-0.05, 0) is 0 Å². The molecular weight excluding hydrogens is 235 g/mol. The van der Waals surface area contributed by atoms with E-state index in [-0.39, 0.29) is 17.0 Å². The lowest BCUT2D eigenvalue weighted by Crippen LogP contribution is -2.13. The van der Waals surface area contributed by atoms with Crippen molar-refractivity contribution in [1.82, 2.24) is 19.5 Å². The van der Waals surface area contributed by atoms with Crippen LogP contribution in [0, 0.1) is 0 Å². The van der Waals surface area contributed by atoms with Crippen LogP contribution >= 0.6 is 0 Å². The van der Waals surface area contributed by atoms with E-state index >= 15 is 0 Å². The lowest BCUT2D eigenvalue weighted by molar-refractivity contribution is -0.144. The molecule has 0 saturated heterocycles. The highest BCUT2D eigenvalue weighted by Crippen LogP contribution is 2.28. The second-order valence-corrected chi connectivity index (χ2v) is 2.96. The quantitative estimate of drug-likeness (QED) is 0.772. The normalized spacial score (nSPS) is 11.2. The number of aryl methyl sites for hydroxylation is 1. The van der Waals surface area contributed by atoms with Crippen LogP contribution < -0.4 is 5.73 Å². The molecule has 0 atom stereocenters. The van der Waals surface area contributed by atoms with Crippen molar-refractivity contribution in [3.05, 3.63) is 12.2 Å². The molecule has 0 aromatic carbocycles. The Kier molecular flexibility index (Phi) is 3.54. The van der Waals surface area contributed by atoms with Crippen molar-refractivity contribution >= 4 is 17.0 Å². The number of nitrogen functional groups attached to an aromatic ring is 1. The van der Waals surface area contributed by atoms with Gasteiger partial charge < -0.3 is 10.3 Å². The topological polar surface area (TPSA) is 69.6 Å². The zero-order valence-corrected chi connectivity index (χ0v) is 9.58. The SMILES string of the molecule is CC.Cn1cnc2c(N)nc(C(F)(F)F)nc21. The predicted molar refractivity (Wildman–Crippen MR) is 57.1 cm³/mol. The Hall–Kier alpha value is -1.86. The van der Waals surface area contributed by atoms with Crippen molar-refractivity contribution in [2.24, 2.45) is 7.05 Å². The summed E-state index contributed by atoms with van der Waals surface area (Å²) >= 11 is 0. The fourth-order valence-corrected chi connectivity index (χ4v) is 1.16. The van der Waals surface area contributed by atoms with Gasteiger partial charge in [0, 0.05) is 7.05 Å². The second kappa shape index (κ2) is 4.56. The van der Waals surface area contributed by atoms with Gasteiger partial charge in [0.1, 0.15) is 5.52 Å². The van der Waals surface area contributed by atoms with Crippen LogP contribution in [-0.2, 0) is 13.2 Å². The first-order chi connectivity index (χ1) is 7.89. The molecule has 2 rings (SSSR count). The zero-order valence-electron chi connectivity index (χ0n) is 9.58. The number of rotatable bonds is 0. The van der Waals surface area contributed by atoms with Gasteiger partial charge in [0.15, 0.2) is 11.5 Å². The molecule has 0 aliphatic heterocycles. The molecule has 17 heavy (non-hydrogen) atoms. The summed E-state index contributed by atoms with van der Waals surface area (Å²) in [6, 6.07) is 0. The summed E-state index contributed by atoms with van der Waals surface area (Å²) in [6.45, 7) is 4.00. The lowest BCUT2D eigenvalue weighted by atomic mass is 10.4. The fourth-order valence-electron chi connectivity index (χ4n) is 1.16. The first-order valence-corrected chi connectivity index (χ1v) is 4.91. The van der Waals surface area contributed by atoms with E-state index in [1.54, 1.807) is 0 Å². The number of nitrogens with two attached hydrogens (primary N) is 1. The van der Waals surface area contributed by atoms with E-state index < -0.39 is 12.0 Å². The predicted octanol–water partition coefficient (Wildman–Crippen LogP) is 1.99. The van der Waals surface area contributed by atoms with Crippen LogP contribution in [0.5, 0.6) is 0 Å².